The minimum Gasteiger partial charge on any atom is -0.497 e. The molecule has 0 aromatic heterocycles. The summed E-state index contributed by atoms with van der Waals surface area (Å²) in [6, 6.07) is 11.9. The Balaban J connectivity index is 1.46. The maximum atomic E-state index is 13.4. The third-order valence-corrected chi connectivity index (χ3v) is 7.00. The molecule has 0 unspecified atom stereocenters. The van der Waals surface area contributed by atoms with E-state index >= 15 is 0 Å². The van der Waals surface area contributed by atoms with E-state index in [-0.39, 0.29) is 29.9 Å². The number of ether oxygens (including phenoxy) is 2. The summed E-state index contributed by atoms with van der Waals surface area (Å²) in [5.74, 6) is 0.932. The van der Waals surface area contributed by atoms with Gasteiger partial charge in [0.25, 0.3) is 5.91 Å². The van der Waals surface area contributed by atoms with E-state index in [1.54, 1.807) is 25.3 Å². The van der Waals surface area contributed by atoms with Crippen LogP contribution in [0.5, 0.6) is 11.5 Å². The van der Waals surface area contributed by atoms with Gasteiger partial charge in [-0.1, -0.05) is 37.2 Å². The molecule has 0 bridgehead atoms. The average Bonchev–Trinajstić information content (AvgIpc) is 3.27. The van der Waals surface area contributed by atoms with E-state index in [2.05, 4.69) is 27.5 Å². The maximum Gasteiger partial charge on any atom is 0.259 e. The molecule has 0 aliphatic carbocycles. The number of aliphatic imine (C=N–C) groups is 2. The van der Waals surface area contributed by atoms with Gasteiger partial charge in [0.1, 0.15) is 23.4 Å². The van der Waals surface area contributed by atoms with Crippen LogP contribution in [0.1, 0.15) is 38.2 Å². The van der Waals surface area contributed by atoms with Crippen molar-refractivity contribution < 1.29 is 23.9 Å². The smallest absolute Gasteiger partial charge is 0.259 e. The molecular formula is C27H31N5O5S. The number of anilines is 1. The fourth-order valence-corrected chi connectivity index (χ4v) is 4.88. The van der Waals surface area contributed by atoms with E-state index < -0.39 is 6.04 Å². The predicted octanol–water partition coefficient (Wildman–Crippen LogP) is 3.73. The highest BCUT2D eigenvalue weighted by atomic mass is 32.2. The van der Waals surface area contributed by atoms with Crippen molar-refractivity contribution in [3.8, 4) is 11.5 Å². The molecule has 11 heteroatoms. The molecular weight excluding hydrogens is 506 g/mol. The molecule has 2 aliphatic rings. The predicted molar refractivity (Wildman–Crippen MR) is 148 cm³/mol. The molecule has 2 heterocycles. The SMILES string of the molecule is CCCCNC(=O)CC[C@H]1N=C2c3ccccc3N=C(SCC(=O)Nc3cc(OC)ccc3OC)N2C1=O. The lowest BCUT2D eigenvalue weighted by molar-refractivity contribution is -0.125. The number of benzene rings is 2. The molecule has 200 valence electrons. The highest BCUT2D eigenvalue weighted by molar-refractivity contribution is 8.14. The molecule has 3 amide bonds. The number of nitrogens with one attached hydrogen (secondary N) is 2. The number of amidine groups is 2. The van der Waals surface area contributed by atoms with Crippen LogP contribution in [0.15, 0.2) is 52.4 Å². The van der Waals surface area contributed by atoms with E-state index in [0.29, 0.717) is 46.8 Å². The van der Waals surface area contributed by atoms with Crippen LogP contribution in [-0.2, 0) is 14.4 Å². The lowest BCUT2D eigenvalue weighted by atomic mass is 10.1. The third-order valence-electron chi connectivity index (χ3n) is 6.06. The Morgan fingerprint density at radius 2 is 1.92 bits per heavy atom. The van der Waals surface area contributed by atoms with Gasteiger partial charge >= 0.3 is 0 Å². The number of hydrogen-bond acceptors (Lipinski definition) is 8. The van der Waals surface area contributed by atoms with Crippen LogP contribution in [0.4, 0.5) is 11.4 Å². The van der Waals surface area contributed by atoms with E-state index in [9.17, 15) is 14.4 Å². The van der Waals surface area contributed by atoms with Gasteiger partial charge in [-0.25, -0.2) is 9.89 Å². The molecule has 0 radical (unpaired) electrons. The number of rotatable bonds is 11. The van der Waals surface area contributed by atoms with Crippen molar-refractivity contribution in [2.45, 2.75) is 38.6 Å². The second kappa shape index (κ2) is 12.6. The first-order valence-electron chi connectivity index (χ1n) is 12.5. The van der Waals surface area contributed by atoms with Crippen molar-refractivity contribution in [1.29, 1.82) is 0 Å². The quantitative estimate of drug-likeness (QED) is 0.421. The number of nitrogens with zero attached hydrogens (tertiary/aromatic N) is 3. The molecule has 4 rings (SSSR count). The van der Waals surface area contributed by atoms with Gasteiger partial charge in [-0.2, -0.15) is 0 Å². The third kappa shape index (κ3) is 6.16. The van der Waals surface area contributed by atoms with E-state index in [1.165, 1.54) is 12.0 Å². The maximum absolute atomic E-state index is 13.4. The van der Waals surface area contributed by atoms with Crippen LogP contribution in [0, 0.1) is 0 Å². The summed E-state index contributed by atoms with van der Waals surface area (Å²) < 4.78 is 10.6. The van der Waals surface area contributed by atoms with Gasteiger partial charge in [0.2, 0.25) is 11.8 Å². The van der Waals surface area contributed by atoms with Crippen molar-refractivity contribution in [2.75, 3.05) is 31.8 Å². The largest absolute Gasteiger partial charge is 0.497 e. The summed E-state index contributed by atoms with van der Waals surface area (Å²) in [6.45, 7) is 2.68. The lowest BCUT2D eigenvalue weighted by Crippen LogP contribution is -2.41. The number of amides is 3. The first-order chi connectivity index (χ1) is 18.4. The lowest BCUT2D eigenvalue weighted by Gasteiger charge is -2.25. The second-order valence-electron chi connectivity index (χ2n) is 8.70. The fourth-order valence-electron chi connectivity index (χ4n) is 4.08. The summed E-state index contributed by atoms with van der Waals surface area (Å²) in [7, 11) is 3.06. The Morgan fingerprint density at radius 3 is 2.68 bits per heavy atom. The van der Waals surface area contributed by atoms with E-state index in [1.807, 2.05) is 24.3 Å². The number of methoxy groups -OCH3 is 2. The zero-order valence-corrected chi connectivity index (χ0v) is 22.5. The van der Waals surface area contributed by atoms with Crippen molar-refractivity contribution in [3.05, 3.63) is 48.0 Å². The number of fused-ring (bicyclic) bond motifs is 3. The van der Waals surface area contributed by atoms with Gasteiger partial charge in [0.05, 0.1) is 31.3 Å². The molecule has 2 aromatic rings. The first-order valence-corrected chi connectivity index (χ1v) is 13.4. The zero-order chi connectivity index (χ0) is 27.1. The Bertz CT molecular complexity index is 1280. The van der Waals surface area contributed by atoms with Crippen LogP contribution in [0.3, 0.4) is 0 Å². The molecule has 10 nitrogen and oxygen atoms in total. The Labute approximate surface area is 225 Å². The zero-order valence-electron chi connectivity index (χ0n) is 21.7. The average molecular weight is 538 g/mol. The Hall–Kier alpha value is -3.86. The minimum absolute atomic E-state index is 0.00290. The normalized spacial score (nSPS) is 15.7. The van der Waals surface area contributed by atoms with E-state index in [4.69, 9.17) is 9.47 Å². The molecule has 0 fully saturated rings. The summed E-state index contributed by atoms with van der Waals surface area (Å²) in [5.41, 5.74) is 1.89. The minimum atomic E-state index is -0.686. The monoisotopic (exact) mass is 537 g/mol. The van der Waals surface area contributed by atoms with E-state index in [0.717, 1.165) is 30.2 Å². The number of thioether (sulfide) groups is 1. The first kappa shape index (κ1) is 27.2. The number of unbranched alkanes of at least 4 members (excludes halogenated alkanes) is 1. The van der Waals surface area contributed by atoms with Gasteiger partial charge in [-0.3, -0.25) is 19.4 Å². The van der Waals surface area contributed by atoms with Gasteiger partial charge in [0.15, 0.2) is 5.17 Å². The molecule has 1 atom stereocenters. The summed E-state index contributed by atoms with van der Waals surface area (Å²) in [6.07, 6.45) is 2.41. The molecule has 2 aliphatic heterocycles. The van der Waals surface area contributed by atoms with Crippen molar-refractivity contribution in [3.63, 3.8) is 0 Å². The van der Waals surface area contributed by atoms with Crippen LogP contribution >= 0.6 is 11.8 Å². The van der Waals surface area contributed by atoms with Gasteiger partial charge < -0.3 is 20.1 Å². The second-order valence-corrected chi connectivity index (χ2v) is 9.64. The Kier molecular flexibility index (Phi) is 9.01. The van der Waals surface area contributed by atoms with Crippen molar-refractivity contribution >= 4 is 51.9 Å². The summed E-state index contributed by atoms with van der Waals surface area (Å²) >= 11 is 1.14. The fraction of sp³-hybridized carbons (Fsp3) is 0.370. The topological polar surface area (TPSA) is 122 Å². The van der Waals surface area contributed by atoms with Crippen molar-refractivity contribution in [2.24, 2.45) is 9.98 Å². The molecule has 2 aromatic carbocycles. The highest BCUT2D eigenvalue weighted by Crippen LogP contribution is 2.34. The van der Waals surface area contributed by atoms with Crippen LogP contribution in [0.25, 0.3) is 0 Å². The Morgan fingerprint density at radius 1 is 1.11 bits per heavy atom. The standard InChI is InChI=1S/C27H31N5O5S/c1-4-5-14-28-23(33)13-11-20-26(35)32-25(30-20)18-8-6-7-9-19(18)31-27(32)38-16-24(34)29-21-15-17(36-2)10-12-22(21)37-3/h6-10,12,15,20H,4-5,11,13-14,16H2,1-3H3,(H,28,33)(H,29,34)/t20-/m1/s1. The van der Waals surface area contributed by atoms with Crippen molar-refractivity contribution in [1.82, 2.24) is 10.2 Å². The number of para-hydroxylation sites is 1. The molecule has 0 spiro atoms. The van der Waals surface area contributed by atoms with Crippen LogP contribution in [0.2, 0.25) is 0 Å². The highest BCUT2D eigenvalue weighted by Gasteiger charge is 2.41. The number of hydrogen-bond donors (Lipinski definition) is 2. The van der Waals surface area contributed by atoms with Crippen LogP contribution in [-0.4, -0.2) is 66.2 Å². The van der Waals surface area contributed by atoms with Gasteiger partial charge in [0, 0.05) is 24.6 Å². The molecule has 0 saturated carbocycles. The molecule has 0 saturated heterocycles. The summed E-state index contributed by atoms with van der Waals surface area (Å²) in [5, 5.41) is 6.08. The number of carbonyl (C=O) groups is 3. The summed E-state index contributed by atoms with van der Waals surface area (Å²) in [4.78, 5) is 49.2. The number of carbonyl (C=O) groups excluding carboxylic acids is 3. The van der Waals surface area contributed by atoms with Gasteiger partial charge in [-0.15, -0.1) is 0 Å². The molecule has 2 N–H and O–H groups in total. The molecule has 38 heavy (non-hydrogen) atoms. The van der Waals surface area contributed by atoms with Gasteiger partial charge in [-0.05, 0) is 37.1 Å². The van der Waals surface area contributed by atoms with Crippen LogP contribution < -0.4 is 20.1 Å².